The lowest BCUT2D eigenvalue weighted by Gasteiger charge is -2.59. The van der Waals surface area contributed by atoms with Crippen LogP contribution in [0.3, 0.4) is 0 Å². The molecule has 3 fully saturated rings. The van der Waals surface area contributed by atoms with Crippen LogP contribution in [0.25, 0.3) is 11.3 Å². The van der Waals surface area contributed by atoms with E-state index in [2.05, 4.69) is 21.6 Å². The lowest BCUT2D eigenvalue weighted by molar-refractivity contribution is -0.225. The second-order valence-corrected chi connectivity index (χ2v) is 9.48. The van der Waals surface area contributed by atoms with Crippen LogP contribution in [0.4, 0.5) is 19.0 Å². The number of halogens is 3. The van der Waals surface area contributed by atoms with Gasteiger partial charge in [-0.05, 0) is 43.0 Å². The van der Waals surface area contributed by atoms with Gasteiger partial charge in [0, 0.05) is 62.5 Å². The number of anilines is 1. The number of hydrogen-bond donors (Lipinski definition) is 0. The molecule has 1 atom stereocenters. The first-order valence-electron chi connectivity index (χ1n) is 10.9. The molecule has 9 heteroatoms. The van der Waals surface area contributed by atoms with Crippen molar-refractivity contribution in [2.24, 2.45) is 18.4 Å². The van der Waals surface area contributed by atoms with Crippen molar-refractivity contribution >= 4 is 11.7 Å². The Bertz CT molecular complexity index is 1050. The molecule has 3 aliphatic rings. The largest absolute Gasteiger partial charge is 0.391 e. The SMILES string of the molecule is C=CC(=O)N1CCC(c2cnc(N3CC4(CC(C(F)(F)F)C4)C3)cc2-c2ccn(C)n2)C1. The van der Waals surface area contributed by atoms with E-state index in [0.717, 1.165) is 29.1 Å². The molecule has 1 saturated carbocycles. The first kappa shape index (κ1) is 21.0. The number of likely N-dealkylation sites (tertiary alicyclic amines) is 1. The molecule has 0 bridgehead atoms. The lowest BCUT2D eigenvalue weighted by atomic mass is 9.57. The zero-order valence-electron chi connectivity index (χ0n) is 18.0. The third-order valence-corrected chi connectivity index (χ3v) is 7.22. The summed E-state index contributed by atoms with van der Waals surface area (Å²) in [6, 6.07) is 3.95. The number of rotatable bonds is 4. The molecule has 32 heavy (non-hydrogen) atoms. The summed E-state index contributed by atoms with van der Waals surface area (Å²) in [4.78, 5) is 20.5. The smallest absolute Gasteiger partial charge is 0.355 e. The molecule has 1 spiro atoms. The van der Waals surface area contributed by atoms with Crippen LogP contribution < -0.4 is 4.90 Å². The first-order chi connectivity index (χ1) is 15.2. The van der Waals surface area contributed by atoms with Gasteiger partial charge in [-0.15, -0.1) is 0 Å². The van der Waals surface area contributed by atoms with Crippen LogP contribution in [0.15, 0.2) is 37.2 Å². The van der Waals surface area contributed by atoms with Crippen LogP contribution in [-0.4, -0.2) is 57.9 Å². The topological polar surface area (TPSA) is 54.3 Å². The number of aromatic nitrogens is 3. The Morgan fingerprint density at radius 2 is 2.06 bits per heavy atom. The zero-order chi connectivity index (χ0) is 22.7. The van der Waals surface area contributed by atoms with Crippen molar-refractivity contribution in [2.45, 2.75) is 31.4 Å². The number of amides is 1. The highest BCUT2D eigenvalue weighted by atomic mass is 19.4. The van der Waals surface area contributed by atoms with Gasteiger partial charge in [0.1, 0.15) is 5.82 Å². The van der Waals surface area contributed by atoms with Crippen LogP contribution >= 0.6 is 0 Å². The van der Waals surface area contributed by atoms with E-state index in [-0.39, 0.29) is 30.1 Å². The van der Waals surface area contributed by atoms with Gasteiger partial charge in [0.2, 0.25) is 5.91 Å². The fourth-order valence-corrected chi connectivity index (χ4v) is 5.48. The highest BCUT2D eigenvalue weighted by molar-refractivity contribution is 5.87. The van der Waals surface area contributed by atoms with Gasteiger partial charge in [-0.2, -0.15) is 18.3 Å². The van der Waals surface area contributed by atoms with Crippen molar-refractivity contribution in [1.82, 2.24) is 19.7 Å². The molecule has 2 aliphatic heterocycles. The van der Waals surface area contributed by atoms with E-state index in [0.29, 0.717) is 26.2 Å². The van der Waals surface area contributed by atoms with Gasteiger partial charge < -0.3 is 9.80 Å². The van der Waals surface area contributed by atoms with Crippen molar-refractivity contribution < 1.29 is 18.0 Å². The summed E-state index contributed by atoms with van der Waals surface area (Å²) in [5, 5.41) is 4.57. The predicted octanol–water partition coefficient (Wildman–Crippen LogP) is 3.76. The van der Waals surface area contributed by atoms with Crippen molar-refractivity contribution in [1.29, 1.82) is 0 Å². The van der Waals surface area contributed by atoms with E-state index in [1.165, 1.54) is 6.08 Å². The van der Waals surface area contributed by atoms with Crippen LogP contribution in [0.5, 0.6) is 0 Å². The molecule has 0 aromatic carbocycles. The molecular weight excluding hydrogens is 419 g/mol. The summed E-state index contributed by atoms with van der Waals surface area (Å²) in [5.41, 5.74) is 2.62. The molecule has 4 heterocycles. The van der Waals surface area contributed by atoms with Gasteiger partial charge >= 0.3 is 6.18 Å². The summed E-state index contributed by atoms with van der Waals surface area (Å²) >= 11 is 0. The highest BCUT2D eigenvalue weighted by Gasteiger charge is 2.60. The van der Waals surface area contributed by atoms with Crippen LogP contribution in [0, 0.1) is 11.3 Å². The third-order valence-electron chi connectivity index (χ3n) is 7.22. The van der Waals surface area contributed by atoms with Gasteiger partial charge in [0.15, 0.2) is 0 Å². The van der Waals surface area contributed by atoms with E-state index in [9.17, 15) is 18.0 Å². The first-order valence-corrected chi connectivity index (χ1v) is 10.9. The Morgan fingerprint density at radius 3 is 2.69 bits per heavy atom. The molecule has 5 rings (SSSR count). The van der Waals surface area contributed by atoms with E-state index in [4.69, 9.17) is 0 Å². The molecular formula is C23H26F3N5O. The molecule has 2 aromatic heterocycles. The van der Waals surface area contributed by atoms with Crippen LogP contribution in [0.1, 0.15) is 30.7 Å². The number of carbonyl (C=O) groups excluding carboxylic acids is 1. The van der Waals surface area contributed by atoms with Crippen molar-refractivity contribution in [3.8, 4) is 11.3 Å². The van der Waals surface area contributed by atoms with Crippen LogP contribution in [-0.2, 0) is 11.8 Å². The fraction of sp³-hybridized carbons (Fsp3) is 0.522. The summed E-state index contributed by atoms with van der Waals surface area (Å²) in [5.74, 6) is -0.306. The third kappa shape index (κ3) is 3.57. The van der Waals surface area contributed by atoms with E-state index in [1.54, 1.807) is 9.58 Å². The minimum atomic E-state index is -4.08. The van der Waals surface area contributed by atoms with Gasteiger partial charge in [-0.25, -0.2) is 4.98 Å². The molecule has 1 unspecified atom stereocenters. The van der Waals surface area contributed by atoms with E-state index in [1.807, 2.05) is 31.6 Å². The highest BCUT2D eigenvalue weighted by Crippen LogP contribution is 2.57. The normalized spacial score (nSPS) is 22.7. The number of pyridine rings is 1. The average Bonchev–Trinajstić information content (AvgIpc) is 3.33. The Labute approximate surface area is 184 Å². The summed E-state index contributed by atoms with van der Waals surface area (Å²) in [7, 11) is 1.86. The Hall–Kier alpha value is -2.84. The Kier molecular flexibility index (Phi) is 4.83. The molecule has 170 valence electrons. The van der Waals surface area contributed by atoms with Crippen molar-refractivity contribution in [3.63, 3.8) is 0 Å². The Morgan fingerprint density at radius 1 is 1.31 bits per heavy atom. The second-order valence-electron chi connectivity index (χ2n) is 9.48. The number of alkyl halides is 3. The number of hydrogen-bond acceptors (Lipinski definition) is 4. The maximum Gasteiger partial charge on any atom is 0.391 e. The summed E-state index contributed by atoms with van der Waals surface area (Å²) in [6.45, 7) is 6.08. The van der Waals surface area contributed by atoms with Gasteiger partial charge in [-0.1, -0.05) is 6.58 Å². The standard InChI is InChI=1S/C23H26F3N5O/c1-3-21(32)30-7-4-15(12-30)18-11-27-20(8-17(18)19-5-6-29(2)28-19)31-13-22(14-31)9-16(10-22)23(24,25)26/h3,5-6,8,11,15-16H,1,4,7,9-10,12-14H2,2H3. The van der Waals surface area contributed by atoms with Crippen LogP contribution in [0.2, 0.25) is 0 Å². The lowest BCUT2D eigenvalue weighted by Crippen LogP contribution is -2.64. The predicted molar refractivity (Wildman–Crippen MR) is 114 cm³/mol. The molecule has 0 N–H and O–H groups in total. The number of aryl methyl sites for hydroxylation is 1. The number of nitrogens with zero attached hydrogens (tertiary/aromatic N) is 5. The van der Waals surface area contributed by atoms with E-state index < -0.39 is 12.1 Å². The molecule has 6 nitrogen and oxygen atoms in total. The van der Waals surface area contributed by atoms with E-state index >= 15 is 0 Å². The minimum Gasteiger partial charge on any atom is -0.355 e. The molecule has 1 amide bonds. The summed E-state index contributed by atoms with van der Waals surface area (Å²) in [6.07, 6.45) is 2.27. The minimum absolute atomic E-state index is 0.0694. The van der Waals surface area contributed by atoms with Gasteiger partial charge in [0.05, 0.1) is 11.6 Å². The van der Waals surface area contributed by atoms with Crippen molar-refractivity contribution in [2.75, 3.05) is 31.1 Å². The molecule has 2 saturated heterocycles. The average molecular weight is 445 g/mol. The maximum absolute atomic E-state index is 12.9. The Balaban J connectivity index is 1.37. The van der Waals surface area contributed by atoms with Crippen molar-refractivity contribution in [3.05, 3.63) is 42.7 Å². The van der Waals surface area contributed by atoms with Gasteiger partial charge in [-0.3, -0.25) is 9.48 Å². The number of carbonyl (C=O) groups is 1. The maximum atomic E-state index is 12.9. The molecule has 0 radical (unpaired) electrons. The molecule has 1 aliphatic carbocycles. The quantitative estimate of drug-likeness (QED) is 0.673. The summed E-state index contributed by atoms with van der Waals surface area (Å²) < 4.78 is 40.4. The van der Waals surface area contributed by atoms with Gasteiger partial charge in [0.25, 0.3) is 0 Å². The zero-order valence-corrected chi connectivity index (χ0v) is 18.0. The fourth-order valence-electron chi connectivity index (χ4n) is 5.48. The monoisotopic (exact) mass is 445 g/mol. The second kappa shape index (κ2) is 7.35. The molecule has 2 aromatic rings.